The number of hydrogen-bond donors (Lipinski definition) is 0. The van der Waals surface area contributed by atoms with Crippen LogP contribution in [0.3, 0.4) is 0 Å². The molecule has 1 heterocycles. The zero-order valence-corrected chi connectivity index (χ0v) is 17.8. The molecule has 0 N–H and O–H groups in total. The Hall–Kier alpha value is -1.26. The number of benzene rings is 2. The van der Waals surface area contributed by atoms with Gasteiger partial charge < -0.3 is 9.31 Å². The van der Waals surface area contributed by atoms with Crippen LogP contribution in [0.2, 0.25) is 10.0 Å². The van der Waals surface area contributed by atoms with E-state index in [2.05, 4.69) is 46.4 Å². The lowest BCUT2D eigenvalue weighted by Crippen LogP contribution is -2.46. The van der Waals surface area contributed by atoms with Crippen LogP contribution < -0.4 is 0 Å². The molecule has 0 aromatic heterocycles. The fourth-order valence-electron chi connectivity index (χ4n) is 3.55. The van der Waals surface area contributed by atoms with E-state index in [1.807, 2.05) is 42.5 Å². The molecule has 2 nitrogen and oxygen atoms in total. The van der Waals surface area contributed by atoms with Crippen molar-refractivity contribution in [3.8, 4) is 0 Å². The summed E-state index contributed by atoms with van der Waals surface area (Å²) in [5.74, 6) is 0. The molecule has 1 fully saturated rings. The molecule has 2 aromatic carbocycles. The van der Waals surface area contributed by atoms with E-state index < -0.39 is 23.6 Å². The quantitative estimate of drug-likeness (QED) is 0.420. The molecule has 0 saturated carbocycles. The first-order valence-electron chi connectivity index (χ1n) is 9.12. The predicted octanol–water partition coefficient (Wildman–Crippen LogP) is 6.49. The highest BCUT2D eigenvalue weighted by atomic mass is 35.5. The van der Waals surface area contributed by atoms with Crippen LogP contribution in [0.4, 0.5) is 0 Å². The van der Waals surface area contributed by atoms with E-state index in [0.717, 1.165) is 11.1 Å². The van der Waals surface area contributed by atoms with Gasteiger partial charge in [0, 0.05) is 0 Å². The molecule has 27 heavy (non-hydrogen) atoms. The van der Waals surface area contributed by atoms with Crippen molar-refractivity contribution in [1.82, 2.24) is 0 Å². The molecule has 5 heteroatoms. The molecule has 0 unspecified atom stereocenters. The van der Waals surface area contributed by atoms with Gasteiger partial charge in [0.05, 0.1) is 26.6 Å². The zero-order chi connectivity index (χ0) is 19.9. The van der Waals surface area contributed by atoms with Crippen molar-refractivity contribution in [1.29, 1.82) is 0 Å². The van der Waals surface area contributed by atoms with Gasteiger partial charge in [0.2, 0.25) is 0 Å². The molecule has 0 aliphatic carbocycles. The van der Waals surface area contributed by atoms with Crippen molar-refractivity contribution >= 4 is 30.3 Å². The summed E-state index contributed by atoms with van der Waals surface area (Å²) in [7, 11) is -0.500. The fourth-order valence-corrected chi connectivity index (χ4v) is 3.85. The Morgan fingerprint density at radius 2 is 1.52 bits per heavy atom. The number of halogens is 2. The van der Waals surface area contributed by atoms with E-state index in [9.17, 15) is 0 Å². The van der Waals surface area contributed by atoms with Gasteiger partial charge in [0.15, 0.2) is 0 Å². The maximum Gasteiger partial charge on any atom is 0.474 e. The third kappa shape index (κ3) is 3.47. The Balaban J connectivity index is 2.25. The van der Waals surface area contributed by atoms with Gasteiger partial charge >= 0.3 is 7.12 Å². The zero-order valence-electron chi connectivity index (χ0n) is 16.3. The van der Waals surface area contributed by atoms with Gasteiger partial charge in [-0.1, -0.05) is 65.7 Å². The lowest BCUT2D eigenvalue weighted by atomic mass is 9.49. The average Bonchev–Trinajstić information content (AvgIpc) is 2.84. The van der Waals surface area contributed by atoms with Crippen molar-refractivity contribution < 1.29 is 9.31 Å². The average molecular weight is 403 g/mol. The molecular weight excluding hydrogens is 378 g/mol. The monoisotopic (exact) mass is 402 g/mol. The van der Waals surface area contributed by atoms with Gasteiger partial charge in [-0.15, -0.1) is 6.58 Å². The molecule has 1 aliphatic rings. The number of hydrogen-bond acceptors (Lipinski definition) is 2. The summed E-state index contributed by atoms with van der Waals surface area (Å²) in [6.07, 6.45) is 2.53. The minimum absolute atomic E-state index is 0.449. The number of rotatable bonds is 5. The van der Waals surface area contributed by atoms with Crippen molar-refractivity contribution in [3.63, 3.8) is 0 Å². The Kier molecular flexibility index (Phi) is 5.53. The van der Waals surface area contributed by atoms with E-state index >= 15 is 0 Å². The van der Waals surface area contributed by atoms with E-state index in [1.54, 1.807) is 0 Å². The van der Waals surface area contributed by atoms with Crippen LogP contribution in [-0.4, -0.2) is 18.3 Å². The summed E-state index contributed by atoms with van der Waals surface area (Å²) in [5.41, 5.74) is 1.17. The van der Waals surface area contributed by atoms with Crippen molar-refractivity contribution in [3.05, 3.63) is 82.4 Å². The predicted molar refractivity (Wildman–Crippen MR) is 115 cm³/mol. The highest BCUT2D eigenvalue weighted by Gasteiger charge is 2.60. The summed E-state index contributed by atoms with van der Waals surface area (Å²) < 4.78 is 13.0. The van der Waals surface area contributed by atoms with Crippen LogP contribution >= 0.6 is 23.2 Å². The van der Waals surface area contributed by atoms with Crippen molar-refractivity contribution in [2.75, 3.05) is 0 Å². The topological polar surface area (TPSA) is 18.5 Å². The van der Waals surface area contributed by atoms with Gasteiger partial charge in [-0.3, -0.25) is 0 Å². The molecule has 0 amide bonds. The summed E-state index contributed by atoms with van der Waals surface area (Å²) in [4.78, 5) is 0. The number of allylic oxidation sites excluding steroid dienone is 1. The van der Waals surface area contributed by atoms with Crippen LogP contribution in [0.15, 0.2) is 61.2 Å². The normalized spacial score (nSPS) is 20.3. The Morgan fingerprint density at radius 1 is 0.926 bits per heavy atom. The van der Waals surface area contributed by atoms with Gasteiger partial charge in [0.1, 0.15) is 0 Å². The van der Waals surface area contributed by atoms with Crippen molar-refractivity contribution in [2.24, 2.45) is 0 Å². The standard InChI is InChI=1S/C22H25BCl2O2/c1-6-14-22(16-10-8-7-9-11-16,17-12-13-18(24)19(25)15-17)23-26-20(2,3)21(4,5)27-23/h6-13,15H,1,14H2,2-5H3/t22-/m0/s1. The first-order chi connectivity index (χ1) is 12.6. The second kappa shape index (κ2) is 7.29. The van der Waals surface area contributed by atoms with Gasteiger partial charge in [-0.2, -0.15) is 0 Å². The highest BCUT2D eigenvalue weighted by Crippen LogP contribution is 2.48. The van der Waals surface area contributed by atoms with E-state index in [1.165, 1.54) is 0 Å². The van der Waals surface area contributed by atoms with Gasteiger partial charge in [-0.25, -0.2) is 0 Å². The lowest BCUT2D eigenvalue weighted by Gasteiger charge is -2.36. The molecule has 3 rings (SSSR count). The summed E-state index contributed by atoms with van der Waals surface area (Å²) in [5, 5.41) is 0.437. The summed E-state index contributed by atoms with van der Waals surface area (Å²) in [6, 6.07) is 16.0. The Morgan fingerprint density at radius 3 is 2.04 bits per heavy atom. The molecule has 1 saturated heterocycles. The van der Waals surface area contributed by atoms with Crippen LogP contribution in [0, 0.1) is 0 Å². The minimum atomic E-state index is -0.595. The van der Waals surface area contributed by atoms with Crippen LogP contribution in [0.1, 0.15) is 45.2 Å². The Labute approximate surface area is 172 Å². The second-order valence-electron chi connectivity index (χ2n) is 8.05. The molecule has 1 aliphatic heterocycles. The molecular formula is C22H25BCl2O2. The Bertz CT molecular complexity index is 819. The third-order valence-electron chi connectivity index (χ3n) is 5.85. The highest BCUT2D eigenvalue weighted by molar-refractivity contribution is 6.51. The smallest absolute Gasteiger partial charge is 0.402 e. The molecule has 1 atom stereocenters. The SMILES string of the molecule is C=CC[C@](B1OC(C)(C)C(C)(C)O1)(c1ccccc1)c1ccc(Cl)c(Cl)c1. The van der Waals surface area contributed by atoms with Crippen LogP contribution in [-0.2, 0) is 14.6 Å². The minimum Gasteiger partial charge on any atom is -0.402 e. The van der Waals surface area contributed by atoms with Gasteiger partial charge in [-0.05, 0) is 57.4 Å². The summed E-state index contributed by atoms with van der Waals surface area (Å²) in [6.45, 7) is 12.3. The first-order valence-corrected chi connectivity index (χ1v) is 9.87. The maximum atomic E-state index is 6.51. The first kappa shape index (κ1) is 20.5. The van der Waals surface area contributed by atoms with Crippen molar-refractivity contribution in [2.45, 2.75) is 50.6 Å². The van der Waals surface area contributed by atoms with E-state index in [0.29, 0.717) is 16.5 Å². The fraction of sp³-hybridized carbons (Fsp3) is 0.364. The van der Waals surface area contributed by atoms with Crippen LogP contribution in [0.25, 0.3) is 0 Å². The third-order valence-corrected chi connectivity index (χ3v) is 6.58. The molecule has 0 bridgehead atoms. The second-order valence-corrected chi connectivity index (χ2v) is 8.86. The summed E-state index contributed by atoms with van der Waals surface area (Å²) >= 11 is 12.6. The largest absolute Gasteiger partial charge is 0.474 e. The van der Waals surface area contributed by atoms with E-state index in [4.69, 9.17) is 32.5 Å². The van der Waals surface area contributed by atoms with Gasteiger partial charge in [0.25, 0.3) is 0 Å². The maximum absolute atomic E-state index is 6.51. The molecule has 0 radical (unpaired) electrons. The van der Waals surface area contributed by atoms with Crippen LogP contribution in [0.5, 0.6) is 0 Å². The lowest BCUT2D eigenvalue weighted by molar-refractivity contribution is 0.00578. The van der Waals surface area contributed by atoms with E-state index in [-0.39, 0.29) is 0 Å². The molecule has 142 valence electrons. The molecule has 2 aromatic rings. The molecule has 0 spiro atoms.